The lowest BCUT2D eigenvalue weighted by atomic mass is 9.44. The van der Waals surface area contributed by atoms with Crippen LogP contribution in [0.1, 0.15) is 96.3 Å². The molecule has 0 unspecified atom stereocenters. The van der Waals surface area contributed by atoms with Crippen LogP contribution in [0.5, 0.6) is 0 Å². The number of hydrogen-bond donors (Lipinski definition) is 0. The highest BCUT2D eigenvalue weighted by Gasteiger charge is 2.62. The SMILES string of the molecule is COCO[C@H]1C[C@@H]2CC[C@@H]3[C@H](CC[C@]4(C)[C@@H](C(=O)CO[Si](C)(C)C(C)(C)C)CC[C@@H]34)[C@@]2(C)C[C@@H]1OC(=O)c1ccccc1. The zero-order valence-corrected chi connectivity index (χ0v) is 28.9. The van der Waals surface area contributed by atoms with Crippen LogP contribution in [0.25, 0.3) is 0 Å². The second-order valence-corrected chi connectivity index (χ2v) is 21.0. The number of fused-ring (bicyclic) bond motifs is 5. The molecule has 9 atom stereocenters. The summed E-state index contributed by atoms with van der Waals surface area (Å²) in [5.74, 6) is 2.44. The molecule has 4 aliphatic carbocycles. The van der Waals surface area contributed by atoms with Gasteiger partial charge in [-0.05, 0) is 116 Å². The topological polar surface area (TPSA) is 71.1 Å². The Bertz CT molecular complexity index is 1150. The summed E-state index contributed by atoms with van der Waals surface area (Å²) in [6, 6.07) is 9.28. The van der Waals surface area contributed by atoms with Gasteiger partial charge in [-0.2, -0.15) is 0 Å². The first-order chi connectivity index (χ1) is 20.2. The Labute approximate surface area is 261 Å². The fourth-order valence-electron chi connectivity index (χ4n) is 9.56. The van der Waals surface area contributed by atoms with E-state index in [1.165, 1.54) is 12.8 Å². The van der Waals surface area contributed by atoms with Crippen molar-refractivity contribution in [1.82, 2.24) is 0 Å². The predicted octanol–water partition coefficient (Wildman–Crippen LogP) is 8.06. The maximum Gasteiger partial charge on any atom is 0.338 e. The van der Waals surface area contributed by atoms with Gasteiger partial charge in [-0.1, -0.05) is 52.8 Å². The summed E-state index contributed by atoms with van der Waals surface area (Å²) in [4.78, 5) is 26.9. The van der Waals surface area contributed by atoms with Gasteiger partial charge in [0.25, 0.3) is 0 Å². The van der Waals surface area contributed by atoms with E-state index in [-0.39, 0.29) is 53.4 Å². The van der Waals surface area contributed by atoms with E-state index in [4.69, 9.17) is 18.6 Å². The number of esters is 1. The number of hydrogen-bond acceptors (Lipinski definition) is 6. The van der Waals surface area contributed by atoms with Gasteiger partial charge in [0.15, 0.2) is 14.1 Å². The van der Waals surface area contributed by atoms with E-state index in [0.717, 1.165) is 38.5 Å². The van der Waals surface area contributed by atoms with E-state index < -0.39 is 8.32 Å². The summed E-state index contributed by atoms with van der Waals surface area (Å²) in [5.41, 5.74) is 0.706. The smallest absolute Gasteiger partial charge is 0.338 e. The molecule has 0 spiro atoms. The van der Waals surface area contributed by atoms with Gasteiger partial charge >= 0.3 is 5.97 Å². The third-order valence-corrected chi connectivity index (χ3v) is 17.6. The maximum absolute atomic E-state index is 13.7. The lowest BCUT2D eigenvalue weighted by Crippen LogP contribution is -2.58. The number of ether oxygens (including phenoxy) is 3. The molecule has 0 aliphatic heterocycles. The molecule has 1 aromatic carbocycles. The monoisotopic (exact) mass is 612 g/mol. The number of benzene rings is 1. The molecule has 0 heterocycles. The normalized spacial score (nSPS) is 37.6. The van der Waals surface area contributed by atoms with Gasteiger partial charge in [-0.25, -0.2) is 4.79 Å². The first-order valence-electron chi connectivity index (χ1n) is 16.7. The van der Waals surface area contributed by atoms with Crippen molar-refractivity contribution >= 4 is 20.1 Å². The van der Waals surface area contributed by atoms with Crippen molar-refractivity contribution in [2.75, 3.05) is 20.5 Å². The predicted molar refractivity (Wildman–Crippen MR) is 171 cm³/mol. The maximum atomic E-state index is 13.7. The van der Waals surface area contributed by atoms with E-state index >= 15 is 0 Å². The Morgan fingerprint density at radius 3 is 2.30 bits per heavy atom. The first kappa shape index (κ1) is 32.8. The van der Waals surface area contributed by atoms with Crippen LogP contribution in [0.15, 0.2) is 30.3 Å². The highest BCUT2D eigenvalue weighted by molar-refractivity contribution is 6.74. The Hall–Kier alpha value is -1.54. The molecule has 240 valence electrons. The average molecular weight is 613 g/mol. The summed E-state index contributed by atoms with van der Waals surface area (Å²) < 4.78 is 24.1. The minimum atomic E-state index is -1.97. The molecule has 0 aromatic heterocycles. The largest absolute Gasteiger partial charge is 0.456 e. The molecule has 7 heteroatoms. The molecule has 4 saturated carbocycles. The molecular weight excluding hydrogens is 556 g/mol. The number of methoxy groups -OCH3 is 1. The van der Waals surface area contributed by atoms with E-state index in [1.807, 2.05) is 30.3 Å². The highest BCUT2D eigenvalue weighted by atomic mass is 28.4. The van der Waals surface area contributed by atoms with Crippen molar-refractivity contribution < 1.29 is 28.2 Å². The summed E-state index contributed by atoms with van der Waals surface area (Å²) in [5, 5.41) is 0.0996. The van der Waals surface area contributed by atoms with Crippen molar-refractivity contribution in [3.8, 4) is 0 Å². The van der Waals surface area contributed by atoms with Gasteiger partial charge in [0.05, 0.1) is 18.3 Å². The molecule has 0 radical (unpaired) electrons. The molecule has 0 bridgehead atoms. The minimum absolute atomic E-state index is 0.0518. The van der Waals surface area contributed by atoms with Gasteiger partial charge < -0.3 is 18.6 Å². The zero-order chi connectivity index (χ0) is 31.2. The van der Waals surface area contributed by atoms with Gasteiger partial charge in [-0.15, -0.1) is 0 Å². The van der Waals surface area contributed by atoms with Crippen LogP contribution in [0.4, 0.5) is 0 Å². The Kier molecular flexibility index (Phi) is 9.42. The van der Waals surface area contributed by atoms with E-state index in [9.17, 15) is 9.59 Å². The molecule has 5 rings (SSSR count). The quantitative estimate of drug-likeness (QED) is 0.160. The van der Waals surface area contributed by atoms with Crippen LogP contribution in [0, 0.1) is 40.4 Å². The standard InChI is InChI=1S/C36H56O6Si/c1-34(2,3)43(7,8)41-22-30(37)29-17-16-27-26-15-14-25-20-31(40-23-39-6)32(42-33(38)24-12-10-9-11-13-24)21-36(25,5)28(26)18-19-35(27,29)4/h9-13,25-29,31-32H,14-23H2,1-8H3/t25-,26-,27-,28-,29+,31-,32-,35-,36-/m0/s1. The van der Waals surface area contributed by atoms with Gasteiger partial charge in [-0.3, -0.25) is 4.79 Å². The van der Waals surface area contributed by atoms with Crippen LogP contribution in [-0.4, -0.2) is 52.8 Å². The second kappa shape index (κ2) is 12.3. The molecule has 43 heavy (non-hydrogen) atoms. The summed E-state index contributed by atoms with van der Waals surface area (Å²) >= 11 is 0. The first-order valence-corrected chi connectivity index (χ1v) is 19.7. The van der Waals surface area contributed by atoms with Crippen LogP contribution in [-0.2, 0) is 23.4 Å². The third-order valence-electron chi connectivity index (χ3n) is 13.1. The van der Waals surface area contributed by atoms with Crippen molar-refractivity contribution in [2.24, 2.45) is 40.4 Å². The highest BCUT2D eigenvalue weighted by Crippen LogP contribution is 2.67. The van der Waals surface area contributed by atoms with E-state index in [0.29, 0.717) is 35.0 Å². The molecule has 6 nitrogen and oxygen atoms in total. The Balaban J connectivity index is 1.31. The zero-order valence-electron chi connectivity index (χ0n) is 27.9. The molecule has 0 saturated heterocycles. The molecule has 0 amide bonds. The average Bonchev–Trinajstić information content (AvgIpc) is 3.32. The van der Waals surface area contributed by atoms with Crippen molar-refractivity contribution in [2.45, 2.75) is 116 Å². The number of Topliss-reactive ketones (excluding diaryl/α,β-unsaturated/α-hetero) is 1. The minimum Gasteiger partial charge on any atom is -0.456 e. The number of carbonyl (C=O) groups excluding carboxylic acids is 2. The lowest BCUT2D eigenvalue weighted by molar-refractivity contribution is -0.190. The third kappa shape index (κ3) is 6.17. The summed E-state index contributed by atoms with van der Waals surface area (Å²) in [6.45, 7) is 16.6. The second-order valence-electron chi connectivity index (χ2n) is 16.2. The van der Waals surface area contributed by atoms with Gasteiger partial charge in [0, 0.05) is 13.0 Å². The van der Waals surface area contributed by atoms with E-state index in [2.05, 4.69) is 47.7 Å². The van der Waals surface area contributed by atoms with Crippen LogP contribution < -0.4 is 0 Å². The Morgan fingerprint density at radius 1 is 0.930 bits per heavy atom. The van der Waals surface area contributed by atoms with Gasteiger partial charge in [0.2, 0.25) is 0 Å². The van der Waals surface area contributed by atoms with Crippen molar-refractivity contribution in [3.63, 3.8) is 0 Å². The fourth-order valence-corrected chi connectivity index (χ4v) is 10.5. The number of ketones is 1. The number of carbonyl (C=O) groups is 2. The fraction of sp³-hybridized carbons (Fsp3) is 0.778. The molecule has 4 aliphatic rings. The molecule has 0 N–H and O–H groups in total. The Morgan fingerprint density at radius 2 is 1.63 bits per heavy atom. The van der Waals surface area contributed by atoms with Crippen LogP contribution in [0.3, 0.4) is 0 Å². The summed E-state index contributed by atoms with van der Waals surface area (Å²) in [7, 11) is -0.333. The van der Waals surface area contributed by atoms with Crippen LogP contribution >= 0.6 is 0 Å². The van der Waals surface area contributed by atoms with Crippen LogP contribution in [0.2, 0.25) is 18.1 Å². The van der Waals surface area contributed by atoms with Crippen molar-refractivity contribution in [3.05, 3.63) is 35.9 Å². The van der Waals surface area contributed by atoms with E-state index in [1.54, 1.807) is 7.11 Å². The summed E-state index contributed by atoms with van der Waals surface area (Å²) in [6.07, 6.45) is 8.00. The number of rotatable bonds is 9. The lowest BCUT2D eigenvalue weighted by Gasteiger charge is -2.61. The molecule has 1 aromatic rings. The molecule has 4 fully saturated rings. The van der Waals surface area contributed by atoms with Gasteiger partial charge in [0.1, 0.15) is 12.9 Å². The van der Waals surface area contributed by atoms with Crippen molar-refractivity contribution in [1.29, 1.82) is 0 Å². The molecular formula is C36H56O6Si.